The molecular weight excluding hydrogens is 324 g/mol. The van der Waals surface area contributed by atoms with Crippen LogP contribution in [0.5, 0.6) is 0 Å². The van der Waals surface area contributed by atoms with Gasteiger partial charge in [0.15, 0.2) is 0 Å². The number of benzene rings is 2. The van der Waals surface area contributed by atoms with Crippen molar-refractivity contribution in [1.29, 1.82) is 0 Å². The van der Waals surface area contributed by atoms with E-state index < -0.39 is 6.04 Å². The van der Waals surface area contributed by atoms with Crippen LogP contribution in [0, 0.1) is 0 Å². The van der Waals surface area contributed by atoms with Crippen LogP contribution in [0.4, 0.5) is 0 Å². The standard InChI is InChI=1S/C22H28N2O2/c1-3-5-16-23-22(26)21(19-14-10-7-11-15-19)24(20(25)4-2)17-18-12-8-6-9-13-18/h6-15,21H,3-5,16-17H2,1-2H3,(H,23,26)/t21-/m1/s1. The van der Waals surface area contributed by atoms with Gasteiger partial charge in [-0.1, -0.05) is 80.9 Å². The van der Waals surface area contributed by atoms with Crippen LogP contribution >= 0.6 is 0 Å². The van der Waals surface area contributed by atoms with E-state index in [1.807, 2.05) is 67.6 Å². The summed E-state index contributed by atoms with van der Waals surface area (Å²) in [5.74, 6) is -0.157. The van der Waals surface area contributed by atoms with Crippen LogP contribution < -0.4 is 5.32 Å². The van der Waals surface area contributed by atoms with E-state index in [9.17, 15) is 9.59 Å². The van der Waals surface area contributed by atoms with Gasteiger partial charge in [-0.2, -0.15) is 0 Å². The lowest BCUT2D eigenvalue weighted by Gasteiger charge is -2.31. The maximum atomic E-state index is 13.0. The molecular formula is C22H28N2O2. The minimum atomic E-state index is -0.624. The summed E-state index contributed by atoms with van der Waals surface area (Å²) in [4.78, 5) is 27.4. The van der Waals surface area contributed by atoms with Crippen molar-refractivity contribution in [2.45, 2.75) is 45.7 Å². The van der Waals surface area contributed by atoms with Crippen LogP contribution in [-0.4, -0.2) is 23.3 Å². The molecule has 0 radical (unpaired) electrons. The second kappa shape index (κ2) is 10.4. The molecule has 0 aliphatic carbocycles. The van der Waals surface area contributed by atoms with Crippen molar-refractivity contribution >= 4 is 11.8 Å². The first-order valence-corrected chi connectivity index (χ1v) is 9.33. The van der Waals surface area contributed by atoms with Crippen LogP contribution in [0.15, 0.2) is 60.7 Å². The van der Waals surface area contributed by atoms with Gasteiger partial charge in [-0.25, -0.2) is 0 Å². The molecule has 2 amide bonds. The lowest BCUT2D eigenvalue weighted by molar-refractivity contribution is -0.141. The predicted octanol–water partition coefficient (Wildman–Crippen LogP) is 4.08. The highest BCUT2D eigenvalue weighted by atomic mass is 16.2. The molecule has 0 saturated heterocycles. The number of unbranched alkanes of at least 4 members (excludes halogenated alkanes) is 1. The van der Waals surface area contributed by atoms with Gasteiger partial charge in [0.25, 0.3) is 0 Å². The van der Waals surface area contributed by atoms with E-state index in [0.717, 1.165) is 24.0 Å². The Bertz CT molecular complexity index is 686. The van der Waals surface area contributed by atoms with Gasteiger partial charge in [-0.05, 0) is 17.5 Å². The third kappa shape index (κ3) is 5.45. The zero-order chi connectivity index (χ0) is 18.8. The quantitative estimate of drug-likeness (QED) is 0.691. The van der Waals surface area contributed by atoms with Gasteiger partial charge in [-0.3, -0.25) is 9.59 Å². The van der Waals surface area contributed by atoms with E-state index in [2.05, 4.69) is 12.2 Å². The SMILES string of the molecule is CCCCNC(=O)[C@@H](c1ccccc1)N(Cc1ccccc1)C(=O)CC. The molecule has 26 heavy (non-hydrogen) atoms. The molecule has 0 heterocycles. The maximum absolute atomic E-state index is 13.0. The lowest BCUT2D eigenvalue weighted by atomic mass is 10.0. The van der Waals surface area contributed by atoms with Gasteiger partial charge < -0.3 is 10.2 Å². The first kappa shape index (κ1) is 19.7. The average molecular weight is 352 g/mol. The average Bonchev–Trinajstić information content (AvgIpc) is 2.68. The molecule has 138 valence electrons. The fourth-order valence-corrected chi connectivity index (χ4v) is 2.90. The number of nitrogens with one attached hydrogen (secondary N) is 1. The smallest absolute Gasteiger partial charge is 0.247 e. The van der Waals surface area contributed by atoms with Crippen LogP contribution in [0.25, 0.3) is 0 Å². The van der Waals surface area contributed by atoms with E-state index in [1.54, 1.807) is 4.90 Å². The summed E-state index contributed by atoms with van der Waals surface area (Å²) < 4.78 is 0. The first-order valence-electron chi connectivity index (χ1n) is 9.33. The summed E-state index contributed by atoms with van der Waals surface area (Å²) in [5.41, 5.74) is 1.84. The largest absolute Gasteiger partial charge is 0.354 e. The molecule has 0 bridgehead atoms. The molecule has 2 aromatic carbocycles. The van der Waals surface area contributed by atoms with E-state index in [1.165, 1.54) is 0 Å². The van der Waals surface area contributed by atoms with Crippen LogP contribution in [0.1, 0.15) is 50.3 Å². The van der Waals surface area contributed by atoms with Gasteiger partial charge in [0.2, 0.25) is 11.8 Å². The fraction of sp³-hybridized carbons (Fsp3) is 0.364. The zero-order valence-corrected chi connectivity index (χ0v) is 15.7. The summed E-state index contributed by atoms with van der Waals surface area (Å²) in [7, 11) is 0. The Kier molecular flexibility index (Phi) is 7.87. The topological polar surface area (TPSA) is 49.4 Å². The van der Waals surface area contributed by atoms with Crippen molar-refractivity contribution in [3.8, 4) is 0 Å². The third-order valence-electron chi connectivity index (χ3n) is 4.32. The molecule has 0 fully saturated rings. The first-order chi connectivity index (χ1) is 12.7. The molecule has 1 atom stereocenters. The fourth-order valence-electron chi connectivity index (χ4n) is 2.90. The molecule has 0 aliphatic rings. The van der Waals surface area contributed by atoms with Crippen molar-refractivity contribution < 1.29 is 9.59 Å². The second-order valence-corrected chi connectivity index (χ2v) is 6.32. The minimum absolute atomic E-state index is 0.0339. The zero-order valence-electron chi connectivity index (χ0n) is 15.7. The number of carbonyl (C=O) groups is 2. The minimum Gasteiger partial charge on any atom is -0.354 e. The Morgan fingerprint density at radius 2 is 1.58 bits per heavy atom. The summed E-state index contributed by atoms with van der Waals surface area (Å²) in [6.45, 7) is 4.95. The van der Waals surface area contributed by atoms with Crippen LogP contribution in [-0.2, 0) is 16.1 Å². The summed E-state index contributed by atoms with van der Waals surface area (Å²) >= 11 is 0. The Morgan fingerprint density at radius 1 is 0.962 bits per heavy atom. The summed E-state index contributed by atoms with van der Waals surface area (Å²) in [6.07, 6.45) is 2.30. The Balaban J connectivity index is 2.34. The third-order valence-corrected chi connectivity index (χ3v) is 4.32. The Labute approximate surface area is 156 Å². The summed E-state index contributed by atoms with van der Waals surface area (Å²) in [5, 5.41) is 2.99. The van der Waals surface area contributed by atoms with E-state index in [0.29, 0.717) is 19.5 Å². The molecule has 2 aromatic rings. The highest BCUT2D eigenvalue weighted by molar-refractivity contribution is 5.88. The number of hydrogen-bond acceptors (Lipinski definition) is 2. The van der Waals surface area contributed by atoms with Gasteiger partial charge in [0.1, 0.15) is 6.04 Å². The highest BCUT2D eigenvalue weighted by Gasteiger charge is 2.30. The molecule has 4 nitrogen and oxygen atoms in total. The molecule has 2 rings (SSSR count). The molecule has 0 saturated carbocycles. The van der Waals surface area contributed by atoms with Gasteiger partial charge in [0, 0.05) is 19.5 Å². The normalized spacial score (nSPS) is 11.6. The molecule has 1 N–H and O–H groups in total. The van der Waals surface area contributed by atoms with Crippen LogP contribution in [0.3, 0.4) is 0 Å². The van der Waals surface area contributed by atoms with Crippen molar-refractivity contribution in [3.63, 3.8) is 0 Å². The molecule has 4 heteroatoms. The van der Waals surface area contributed by atoms with Gasteiger partial charge in [0.05, 0.1) is 0 Å². The van der Waals surface area contributed by atoms with Crippen LogP contribution in [0.2, 0.25) is 0 Å². The van der Waals surface area contributed by atoms with E-state index >= 15 is 0 Å². The lowest BCUT2D eigenvalue weighted by Crippen LogP contribution is -2.43. The second-order valence-electron chi connectivity index (χ2n) is 6.32. The highest BCUT2D eigenvalue weighted by Crippen LogP contribution is 2.24. The Morgan fingerprint density at radius 3 is 2.15 bits per heavy atom. The van der Waals surface area contributed by atoms with E-state index in [4.69, 9.17) is 0 Å². The van der Waals surface area contributed by atoms with Crippen molar-refractivity contribution in [3.05, 3.63) is 71.8 Å². The van der Waals surface area contributed by atoms with E-state index in [-0.39, 0.29) is 11.8 Å². The van der Waals surface area contributed by atoms with Crippen molar-refractivity contribution in [2.75, 3.05) is 6.54 Å². The number of rotatable bonds is 9. The van der Waals surface area contributed by atoms with Gasteiger partial charge >= 0.3 is 0 Å². The monoisotopic (exact) mass is 352 g/mol. The predicted molar refractivity (Wildman–Crippen MR) is 104 cm³/mol. The number of carbonyl (C=O) groups excluding carboxylic acids is 2. The van der Waals surface area contributed by atoms with Crippen molar-refractivity contribution in [2.24, 2.45) is 0 Å². The van der Waals surface area contributed by atoms with Crippen molar-refractivity contribution in [1.82, 2.24) is 10.2 Å². The summed E-state index contributed by atoms with van der Waals surface area (Å²) in [6, 6.07) is 18.7. The molecule has 0 aliphatic heterocycles. The molecule has 0 aromatic heterocycles. The maximum Gasteiger partial charge on any atom is 0.247 e. The Hall–Kier alpha value is -2.62. The number of amides is 2. The molecule has 0 unspecified atom stereocenters. The number of nitrogens with zero attached hydrogens (tertiary/aromatic N) is 1. The molecule has 0 spiro atoms. The van der Waals surface area contributed by atoms with Gasteiger partial charge in [-0.15, -0.1) is 0 Å². The number of hydrogen-bond donors (Lipinski definition) is 1.